The van der Waals surface area contributed by atoms with Crippen molar-refractivity contribution in [1.82, 2.24) is 5.32 Å². The summed E-state index contributed by atoms with van der Waals surface area (Å²) in [5.41, 5.74) is -0.664. The lowest BCUT2D eigenvalue weighted by atomic mass is 9.94. The van der Waals surface area contributed by atoms with Gasteiger partial charge in [0.25, 0.3) is 0 Å². The molecule has 0 fully saturated rings. The Labute approximate surface area is 111 Å². The predicted molar refractivity (Wildman–Crippen MR) is 67.3 cm³/mol. The summed E-state index contributed by atoms with van der Waals surface area (Å²) < 4.78 is 51.0. The van der Waals surface area contributed by atoms with Gasteiger partial charge in [0.2, 0.25) is 0 Å². The molecular weight excluding hydrogens is 258 g/mol. The number of halogens is 4. The largest absolute Gasteiger partial charge is 0.419 e. The zero-order valence-corrected chi connectivity index (χ0v) is 11.3. The van der Waals surface area contributed by atoms with Gasteiger partial charge in [0.15, 0.2) is 0 Å². The molecule has 0 radical (unpaired) electrons. The van der Waals surface area contributed by atoms with Gasteiger partial charge in [-0.2, -0.15) is 13.2 Å². The molecule has 5 heteroatoms. The Morgan fingerprint density at radius 1 is 1.21 bits per heavy atom. The standard InChI is InChI=1S/C14H19F4N/c1-4-7-19-13(9(2)3)10-5-6-11(12(15)8-10)14(16,17)18/h5-6,8-9,13,19H,4,7H2,1-3H3. The first-order valence-electron chi connectivity index (χ1n) is 6.37. The highest BCUT2D eigenvalue weighted by Gasteiger charge is 2.34. The molecule has 1 rings (SSSR count). The SMILES string of the molecule is CCCNC(c1ccc(C(F)(F)F)c(F)c1)C(C)C. The van der Waals surface area contributed by atoms with Gasteiger partial charge in [0.05, 0.1) is 5.56 Å². The van der Waals surface area contributed by atoms with Crippen LogP contribution in [0.15, 0.2) is 18.2 Å². The van der Waals surface area contributed by atoms with E-state index in [4.69, 9.17) is 0 Å². The molecule has 0 amide bonds. The smallest absolute Gasteiger partial charge is 0.310 e. The molecule has 0 aliphatic carbocycles. The summed E-state index contributed by atoms with van der Waals surface area (Å²) in [6, 6.07) is 3.00. The van der Waals surface area contributed by atoms with Crippen molar-refractivity contribution in [2.75, 3.05) is 6.54 Å². The second-order valence-corrected chi connectivity index (χ2v) is 4.91. The molecule has 0 aromatic heterocycles. The third-order valence-corrected chi connectivity index (χ3v) is 2.94. The van der Waals surface area contributed by atoms with Crippen molar-refractivity contribution < 1.29 is 17.6 Å². The van der Waals surface area contributed by atoms with Crippen molar-refractivity contribution in [2.45, 2.75) is 39.4 Å². The molecule has 0 aliphatic heterocycles. The van der Waals surface area contributed by atoms with Crippen LogP contribution in [0.2, 0.25) is 0 Å². The van der Waals surface area contributed by atoms with Crippen LogP contribution in [-0.2, 0) is 6.18 Å². The van der Waals surface area contributed by atoms with Gasteiger partial charge in [-0.1, -0.05) is 26.8 Å². The maximum absolute atomic E-state index is 13.5. The molecule has 0 bridgehead atoms. The molecule has 0 aliphatic rings. The molecule has 1 atom stereocenters. The van der Waals surface area contributed by atoms with Crippen molar-refractivity contribution in [3.63, 3.8) is 0 Å². The first-order chi connectivity index (χ1) is 8.77. The van der Waals surface area contributed by atoms with Crippen LogP contribution in [-0.4, -0.2) is 6.54 Å². The maximum Gasteiger partial charge on any atom is 0.419 e. The molecule has 1 aromatic rings. The van der Waals surface area contributed by atoms with Crippen molar-refractivity contribution in [3.05, 3.63) is 35.1 Å². The second-order valence-electron chi connectivity index (χ2n) is 4.91. The van der Waals surface area contributed by atoms with Crippen LogP contribution in [0.1, 0.15) is 44.4 Å². The normalized spacial score (nSPS) is 13.9. The summed E-state index contributed by atoms with van der Waals surface area (Å²) in [6.07, 6.45) is -3.74. The van der Waals surface area contributed by atoms with E-state index in [0.717, 1.165) is 25.1 Å². The number of rotatable bonds is 5. The Bertz CT molecular complexity index is 412. The van der Waals surface area contributed by atoms with E-state index in [1.54, 1.807) is 0 Å². The molecule has 1 N–H and O–H groups in total. The summed E-state index contributed by atoms with van der Waals surface area (Å²) in [7, 11) is 0. The van der Waals surface area contributed by atoms with Crippen LogP contribution >= 0.6 is 0 Å². The molecule has 19 heavy (non-hydrogen) atoms. The Morgan fingerprint density at radius 3 is 2.26 bits per heavy atom. The third kappa shape index (κ3) is 4.20. The topological polar surface area (TPSA) is 12.0 Å². The fourth-order valence-corrected chi connectivity index (χ4v) is 1.99. The van der Waals surface area contributed by atoms with Gasteiger partial charge in [-0.05, 0) is 36.6 Å². The minimum atomic E-state index is -4.65. The van der Waals surface area contributed by atoms with E-state index < -0.39 is 17.6 Å². The molecule has 1 unspecified atom stereocenters. The van der Waals surface area contributed by atoms with E-state index in [-0.39, 0.29) is 12.0 Å². The highest BCUT2D eigenvalue weighted by atomic mass is 19.4. The van der Waals surface area contributed by atoms with Gasteiger partial charge in [-0.15, -0.1) is 0 Å². The fourth-order valence-electron chi connectivity index (χ4n) is 1.99. The van der Waals surface area contributed by atoms with Gasteiger partial charge in [-0.25, -0.2) is 4.39 Å². The van der Waals surface area contributed by atoms with Crippen LogP contribution in [0.5, 0.6) is 0 Å². The Morgan fingerprint density at radius 2 is 1.84 bits per heavy atom. The van der Waals surface area contributed by atoms with E-state index in [2.05, 4.69) is 5.32 Å². The zero-order valence-electron chi connectivity index (χ0n) is 11.3. The fraction of sp³-hybridized carbons (Fsp3) is 0.571. The molecule has 108 valence electrons. The van der Waals surface area contributed by atoms with Gasteiger partial charge in [-0.3, -0.25) is 0 Å². The monoisotopic (exact) mass is 277 g/mol. The van der Waals surface area contributed by atoms with Gasteiger partial charge in [0, 0.05) is 6.04 Å². The first-order valence-corrected chi connectivity index (χ1v) is 6.37. The van der Waals surface area contributed by atoms with E-state index in [1.807, 2.05) is 20.8 Å². The van der Waals surface area contributed by atoms with Crippen molar-refractivity contribution >= 4 is 0 Å². The highest BCUT2D eigenvalue weighted by molar-refractivity contribution is 5.28. The van der Waals surface area contributed by atoms with Crippen LogP contribution in [0.25, 0.3) is 0 Å². The lowest BCUT2D eigenvalue weighted by molar-refractivity contribution is -0.140. The molecule has 0 saturated heterocycles. The van der Waals surface area contributed by atoms with Crippen molar-refractivity contribution in [3.8, 4) is 0 Å². The molecule has 1 nitrogen and oxygen atoms in total. The first kappa shape index (κ1) is 16.0. The minimum Gasteiger partial charge on any atom is -0.310 e. The van der Waals surface area contributed by atoms with E-state index in [0.29, 0.717) is 5.56 Å². The van der Waals surface area contributed by atoms with Gasteiger partial charge in [0.1, 0.15) is 5.82 Å². The van der Waals surface area contributed by atoms with Crippen LogP contribution in [0, 0.1) is 11.7 Å². The van der Waals surface area contributed by atoms with Gasteiger partial charge < -0.3 is 5.32 Å². The molecule has 1 aromatic carbocycles. The number of nitrogens with one attached hydrogen (secondary N) is 1. The van der Waals surface area contributed by atoms with E-state index in [9.17, 15) is 17.6 Å². The lowest BCUT2D eigenvalue weighted by Crippen LogP contribution is -2.26. The molecule has 0 spiro atoms. The number of benzene rings is 1. The summed E-state index contributed by atoms with van der Waals surface area (Å²) in [5, 5.41) is 3.22. The van der Waals surface area contributed by atoms with E-state index in [1.165, 1.54) is 6.07 Å². The maximum atomic E-state index is 13.5. The summed E-state index contributed by atoms with van der Waals surface area (Å²) in [4.78, 5) is 0. The van der Waals surface area contributed by atoms with Crippen molar-refractivity contribution in [1.29, 1.82) is 0 Å². The molecular formula is C14H19F4N. The van der Waals surface area contributed by atoms with Crippen molar-refractivity contribution in [2.24, 2.45) is 5.92 Å². The Hall–Kier alpha value is -1.10. The van der Waals surface area contributed by atoms with Crippen LogP contribution in [0.4, 0.5) is 17.6 Å². The molecule has 0 saturated carbocycles. The zero-order chi connectivity index (χ0) is 14.6. The Kier molecular flexibility index (Phi) is 5.35. The summed E-state index contributed by atoms with van der Waals surface area (Å²) in [5.74, 6) is -1.04. The van der Waals surface area contributed by atoms with Crippen LogP contribution in [0.3, 0.4) is 0 Å². The Balaban J connectivity index is 3.03. The molecule has 0 heterocycles. The number of hydrogen-bond donors (Lipinski definition) is 1. The second kappa shape index (κ2) is 6.37. The quantitative estimate of drug-likeness (QED) is 0.779. The van der Waals surface area contributed by atoms with Crippen LogP contribution < -0.4 is 5.32 Å². The predicted octanol–water partition coefficient (Wildman–Crippen LogP) is 4.54. The highest BCUT2D eigenvalue weighted by Crippen LogP contribution is 2.33. The average molecular weight is 277 g/mol. The lowest BCUT2D eigenvalue weighted by Gasteiger charge is -2.23. The number of hydrogen-bond acceptors (Lipinski definition) is 1. The van der Waals surface area contributed by atoms with Gasteiger partial charge >= 0.3 is 6.18 Å². The third-order valence-electron chi connectivity index (χ3n) is 2.94. The summed E-state index contributed by atoms with van der Waals surface area (Å²) in [6.45, 7) is 6.63. The van der Waals surface area contributed by atoms with E-state index >= 15 is 0 Å². The average Bonchev–Trinajstić information content (AvgIpc) is 2.27. The number of alkyl halides is 3. The minimum absolute atomic E-state index is 0.142. The summed E-state index contributed by atoms with van der Waals surface area (Å²) >= 11 is 0.